The van der Waals surface area contributed by atoms with Gasteiger partial charge in [0.15, 0.2) is 12.2 Å². The molecule has 0 aromatic carbocycles. The molecule has 0 aliphatic heterocycles. The molecule has 0 saturated heterocycles. The van der Waals surface area contributed by atoms with Crippen LogP contribution in [0.2, 0.25) is 0 Å². The monoisotopic (exact) mass is 1370 g/mol. The van der Waals surface area contributed by atoms with Crippen molar-refractivity contribution in [2.24, 2.45) is 17.8 Å². The Kier molecular flexibility index (Phi) is 63.4. The zero-order valence-corrected chi connectivity index (χ0v) is 62.5. The van der Waals surface area contributed by atoms with Crippen molar-refractivity contribution < 1.29 is 80.2 Å². The first kappa shape index (κ1) is 91.1. The summed E-state index contributed by atoms with van der Waals surface area (Å²) in [6.45, 7) is 11.7. The summed E-state index contributed by atoms with van der Waals surface area (Å²) in [6.07, 6.45) is 50.5. The fraction of sp³-hybridized carbons (Fsp3) is 0.946. The lowest BCUT2D eigenvalue weighted by atomic mass is 10.0. The number of unbranched alkanes of at least 4 members (excludes halogenated alkanes) is 40. The number of ether oxygens (including phenoxy) is 4. The van der Waals surface area contributed by atoms with Gasteiger partial charge in [0, 0.05) is 25.7 Å². The fourth-order valence-corrected chi connectivity index (χ4v) is 12.8. The van der Waals surface area contributed by atoms with Crippen molar-refractivity contribution in [3.63, 3.8) is 0 Å². The molecule has 0 aromatic heterocycles. The van der Waals surface area contributed by atoms with Gasteiger partial charge in [-0.3, -0.25) is 37.3 Å². The molecule has 19 heteroatoms. The van der Waals surface area contributed by atoms with Crippen LogP contribution in [-0.2, 0) is 65.4 Å². The summed E-state index contributed by atoms with van der Waals surface area (Å²) in [7, 11) is -9.90. The smallest absolute Gasteiger partial charge is 0.462 e. The van der Waals surface area contributed by atoms with E-state index >= 15 is 0 Å². The van der Waals surface area contributed by atoms with E-state index in [1.54, 1.807) is 0 Å². The Labute approximate surface area is 568 Å². The van der Waals surface area contributed by atoms with E-state index in [4.69, 9.17) is 37.0 Å². The number of phosphoric acid groups is 2. The van der Waals surface area contributed by atoms with Crippen molar-refractivity contribution in [2.45, 2.75) is 394 Å². The molecule has 0 aromatic rings. The third-order valence-electron chi connectivity index (χ3n) is 17.1. The molecule has 0 rings (SSSR count). The maximum Gasteiger partial charge on any atom is 0.472 e. The maximum absolute atomic E-state index is 13.1. The highest BCUT2D eigenvalue weighted by Crippen LogP contribution is 2.45. The Bertz CT molecular complexity index is 1820. The average molecular weight is 1370 g/mol. The second-order valence-electron chi connectivity index (χ2n) is 28.1. The van der Waals surface area contributed by atoms with Crippen LogP contribution in [0.4, 0.5) is 0 Å². The van der Waals surface area contributed by atoms with E-state index in [0.717, 1.165) is 102 Å². The van der Waals surface area contributed by atoms with Crippen molar-refractivity contribution in [1.29, 1.82) is 0 Å². The summed E-state index contributed by atoms with van der Waals surface area (Å²) in [5.74, 6) is -0.00944. The topological polar surface area (TPSA) is 237 Å². The van der Waals surface area contributed by atoms with E-state index in [1.165, 1.54) is 180 Å². The number of hydrogen-bond acceptors (Lipinski definition) is 15. The summed E-state index contributed by atoms with van der Waals surface area (Å²) < 4.78 is 68.3. The molecule has 0 saturated carbocycles. The molecule has 5 atom stereocenters. The lowest BCUT2D eigenvalue weighted by Crippen LogP contribution is -2.30. The molecule has 3 N–H and O–H groups in total. The highest BCUT2D eigenvalue weighted by molar-refractivity contribution is 7.47. The molecule has 0 heterocycles. The lowest BCUT2D eigenvalue weighted by molar-refractivity contribution is -0.161. The lowest BCUT2D eigenvalue weighted by Gasteiger charge is -2.21. The normalized spacial score (nSPS) is 14.1. The number of aliphatic hydroxyl groups excluding tert-OH is 1. The third kappa shape index (κ3) is 68.4. The molecule has 0 fully saturated rings. The van der Waals surface area contributed by atoms with Gasteiger partial charge >= 0.3 is 39.5 Å². The van der Waals surface area contributed by atoms with Crippen LogP contribution in [0.1, 0.15) is 376 Å². The molecule has 17 nitrogen and oxygen atoms in total. The quantitative estimate of drug-likeness (QED) is 0.0222. The average Bonchev–Trinajstić information content (AvgIpc) is 2.74. The van der Waals surface area contributed by atoms with Crippen molar-refractivity contribution >= 4 is 39.5 Å². The molecule has 93 heavy (non-hydrogen) atoms. The zero-order valence-electron chi connectivity index (χ0n) is 60.7. The number of hydrogen-bond donors (Lipinski definition) is 3. The Morgan fingerprint density at radius 1 is 0.290 bits per heavy atom. The number of esters is 4. The first-order valence-corrected chi connectivity index (χ1v) is 41.3. The molecular formula is C74H144O17P2. The van der Waals surface area contributed by atoms with Gasteiger partial charge in [-0.05, 0) is 43.4 Å². The Morgan fingerprint density at radius 2 is 0.495 bits per heavy atom. The van der Waals surface area contributed by atoms with Gasteiger partial charge in [-0.1, -0.05) is 325 Å². The van der Waals surface area contributed by atoms with Crippen molar-refractivity contribution in [2.75, 3.05) is 39.6 Å². The molecule has 0 aliphatic carbocycles. The first-order chi connectivity index (χ1) is 44.7. The van der Waals surface area contributed by atoms with Crippen LogP contribution in [0, 0.1) is 17.8 Å². The van der Waals surface area contributed by atoms with E-state index in [2.05, 4.69) is 48.5 Å². The van der Waals surface area contributed by atoms with Gasteiger partial charge in [0.25, 0.3) is 0 Å². The molecule has 0 bridgehead atoms. The summed E-state index contributed by atoms with van der Waals surface area (Å²) in [6, 6.07) is 0. The van der Waals surface area contributed by atoms with Gasteiger partial charge in [-0.15, -0.1) is 0 Å². The molecule has 2 unspecified atom stereocenters. The van der Waals surface area contributed by atoms with Crippen LogP contribution < -0.4 is 0 Å². The highest BCUT2D eigenvalue weighted by Gasteiger charge is 2.30. The second-order valence-corrected chi connectivity index (χ2v) is 31.0. The highest BCUT2D eigenvalue weighted by atomic mass is 31.2. The minimum atomic E-state index is -4.96. The summed E-state index contributed by atoms with van der Waals surface area (Å²) in [5.41, 5.74) is 0. The van der Waals surface area contributed by atoms with E-state index in [9.17, 15) is 43.2 Å². The van der Waals surface area contributed by atoms with E-state index < -0.39 is 97.5 Å². The van der Waals surface area contributed by atoms with Gasteiger partial charge in [0.2, 0.25) is 0 Å². The largest absolute Gasteiger partial charge is 0.472 e. The first-order valence-electron chi connectivity index (χ1n) is 38.3. The molecular weight excluding hydrogens is 1220 g/mol. The van der Waals surface area contributed by atoms with Crippen LogP contribution in [0.25, 0.3) is 0 Å². The summed E-state index contributed by atoms with van der Waals surface area (Å²) >= 11 is 0. The van der Waals surface area contributed by atoms with Gasteiger partial charge in [0.1, 0.15) is 19.3 Å². The Balaban J connectivity index is 5.17. The minimum Gasteiger partial charge on any atom is -0.462 e. The Hall–Kier alpha value is -1.94. The van der Waals surface area contributed by atoms with Gasteiger partial charge in [-0.25, -0.2) is 9.13 Å². The van der Waals surface area contributed by atoms with Crippen LogP contribution in [-0.4, -0.2) is 96.7 Å². The molecule has 0 aliphatic rings. The molecule has 0 radical (unpaired) electrons. The van der Waals surface area contributed by atoms with Crippen LogP contribution >= 0.6 is 15.6 Å². The number of rotatable bonds is 72. The summed E-state index contributed by atoms with van der Waals surface area (Å²) in [4.78, 5) is 72.6. The molecule has 0 amide bonds. The third-order valence-corrected chi connectivity index (χ3v) is 19.0. The SMILES string of the molecule is CCCCCCCCCCCCCCCCCCCCCCCC(=O)O[C@H](COC(=O)CCCCCCCCCCCCCC(C)C)COP(=O)(O)OC[C@@H](O)COP(=O)(O)OC[C@@H](COC(=O)CCCCCCCCC(C)C)OC(=O)CCCCCCCCC(C)C. The van der Waals surface area contributed by atoms with Crippen molar-refractivity contribution in [3.05, 3.63) is 0 Å². The maximum atomic E-state index is 13.1. The standard InChI is InChI=1S/C74H144O17P2/c1-8-9-10-11-12-13-14-15-16-17-18-19-20-21-22-23-26-30-33-43-50-57-73(78)90-69(61-84-71(76)55-48-41-32-29-27-24-25-28-31-38-45-52-65(2)3)63-88-92(80,81)86-59-68(75)60-87-93(82,83)89-64-70(91-74(79)58-51-44-37-35-40-47-54-67(6)7)62-85-72(77)56-49-42-36-34-39-46-53-66(4)5/h65-70,75H,8-64H2,1-7H3,(H,80,81)(H,82,83)/t68-,69-,70-/m1/s1. The minimum absolute atomic E-state index is 0.101. The zero-order chi connectivity index (χ0) is 68.7. The van der Waals surface area contributed by atoms with E-state index in [-0.39, 0.29) is 25.7 Å². The van der Waals surface area contributed by atoms with Crippen LogP contribution in [0.3, 0.4) is 0 Å². The van der Waals surface area contributed by atoms with Crippen molar-refractivity contribution in [3.8, 4) is 0 Å². The molecule has 0 spiro atoms. The van der Waals surface area contributed by atoms with Crippen molar-refractivity contribution in [1.82, 2.24) is 0 Å². The number of carbonyl (C=O) groups is 4. The van der Waals surface area contributed by atoms with Gasteiger partial charge < -0.3 is 33.8 Å². The number of phosphoric ester groups is 2. The van der Waals surface area contributed by atoms with Crippen LogP contribution in [0.5, 0.6) is 0 Å². The fourth-order valence-electron chi connectivity index (χ4n) is 11.2. The number of carbonyl (C=O) groups excluding carboxylic acids is 4. The van der Waals surface area contributed by atoms with E-state index in [1.807, 2.05) is 0 Å². The predicted molar refractivity (Wildman–Crippen MR) is 377 cm³/mol. The van der Waals surface area contributed by atoms with E-state index in [0.29, 0.717) is 37.5 Å². The van der Waals surface area contributed by atoms with Gasteiger partial charge in [0.05, 0.1) is 26.4 Å². The summed E-state index contributed by atoms with van der Waals surface area (Å²) in [5, 5.41) is 10.6. The van der Waals surface area contributed by atoms with Crippen LogP contribution in [0.15, 0.2) is 0 Å². The second kappa shape index (κ2) is 64.7. The Morgan fingerprint density at radius 3 is 0.731 bits per heavy atom. The number of aliphatic hydroxyl groups is 1. The molecule has 552 valence electrons. The predicted octanol–water partition coefficient (Wildman–Crippen LogP) is 21.4. The van der Waals surface area contributed by atoms with Gasteiger partial charge in [-0.2, -0.15) is 0 Å².